The summed E-state index contributed by atoms with van der Waals surface area (Å²) in [5.41, 5.74) is 5.18. The summed E-state index contributed by atoms with van der Waals surface area (Å²) in [6.45, 7) is 2.00. The van der Waals surface area contributed by atoms with E-state index in [0.717, 1.165) is 33.8 Å². The molecule has 0 fully saturated rings. The molecule has 0 saturated carbocycles. The lowest BCUT2D eigenvalue weighted by molar-refractivity contribution is 1.10. The van der Waals surface area contributed by atoms with Gasteiger partial charge in [-0.2, -0.15) is 0 Å². The van der Waals surface area contributed by atoms with Crippen LogP contribution in [0.4, 0.5) is 0 Å². The minimum Gasteiger partial charge on any atom is -0.292 e. The predicted octanol–water partition coefficient (Wildman–Crippen LogP) is 4.40. The number of aryl methyl sites for hydroxylation is 1. The molecule has 0 radical (unpaired) electrons. The molecule has 3 heteroatoms. The average Bonchev–Trinajstić information content (AvgIpc) is 2.95. The van der Waals surface area contributed by atoms with E-state index in [2.05, 4.69) is 39.9 Å². The van der Waals surface area contributed by atoms with Gasteiger partial charge in [-0.25, -0.2) is 4.98 Å². The zero-order valence-electron chi connectivity index (χ0n) is 12.3. The van der Waals surface area contributed by atoms with Gasteiger partial charge < -0.3 is 0 Å². The van der Waals surface area contributed by atoms with Crippen molar-refractivity contribution >= 4 is 11.0 Å². The third-order valence-corrected chi connectivity index (χ3v) is 3.72. The number of para-hydroxylation sites is 1. The Labute approximate surface area is 128 Å². The maximum Gasteiger partial charge on any atom is 0.145 e. The van der Waals surface area contributed by atoms with Gasteiger partial charge in [-0.05, 0) is 25.1 Å². The molecule has 0 saturated heterocycles. The molecule has 2 heterocycles. The van der Waals surface area contributed by atoms with Crippen molar-refractivity contribution in [1.29, 1.82) is 0 Å². The second-order valence-corrected chi connectivity index (χ2v) is 5.29. The minimum absolute atomic E-state index is 0.910. The molecule has 2 aromatic heterocycles. The van der Waals surface area contributed by atoms with Gasteiger partial charge in [0.1, 0.15) is 11.3 Å². The molecule has 0 atom stereocenters. The summed E-state index contributed by atoms with van der Waals surface area (Å²) in [6, 6.07) is 22.7. The molecule has 3 nitrogen and oxygen atoms in total. The number of hydrogen-bond donors (Lipinski definition) is 0. The van der Waals surface area contributed by atoms with Crippen molar-refractivity contribution in [3.8, 4) is 17.1 Å². The fourth-order valence-electron chi connectivity index (χ4n) is 2.70. The van der Waals surface area contributed by atoms with E-state index < -0.39 is 0 Å². The first-order chi connectivity index (χ1) is 10.8. The van der Waals surface area contributed by atoms with Gasteiger partial charge >= 0.3 is 0 Å². The molecule has 4 aromatic rings. The van der Waals surface area contributed by atoms with Gasteiger partial charge in [0.2, 0.25) is 0 Å². The Hall–Kier alpha value is -2.94. The van der Waals surface area contributed by atoms with E-state index in [0.29, 0.717) is 0 Å². The molecule has 0 unspecified atom stereocenters. The first-order valence-corrected chi connectivity index (χ1v) is 7.29. The van der Waals surface area contributed by atoms with E-state index in [1.807, 2.05) is 49.5 Å². The molecule has 106 valence electrons. The SMILES string of the molecule is Cc1cc2c(cn1)nc(-c1ccccc1)n2-c1ccccc1. The number of fused-ring (bicyclic) bond motifs is 1. The van der Waals surface area contributed by atoms with Crippen LogP contribution in [0.25, 0.3) is 28.1 Å². The Balaban J connectivity index is 2.08. The van der Waals surface area contributed by atoms with Crippen LogP contribution in [0.1, 0.15) is 5.69 Å². The van der Waals surface area contributed by atoms with Crippen molar-refractivity contribution in [2.75, 3.05) is 0 Å². The van der Waals surface area contributed by atoms with Crippen molar-refractivity contribution in [2.24, 2.45) is 0 Å². The number of nitrogens with zero attached hydrogens (tertiary/aromatic N) is 3. The molecule has 0 aliphatic rings. The van der Waals surface area contributed by atoms with Crippen molar-refractivity contribution in [1.82, 2.24) is 14.5 Å². The van der Waals surface area contributed by atoms with Crippen molar-refractivity contribution in [3.05, 3.63) is 78.6 Å². The molecule has 0 bridgehead atoms. The highest BCUT2D eigenvalue weighted by atomic mass is 15.1. The van der Waals surface area contributed by atoms with E-state index in [4.69, 9.17) is 4.98 Å². The maximum absolute atomic E-state index is 4.80. The van der Waals surface area contributed by atoms with Crippen molar-refractivity contribution < 1.29 is 0 Å². The zero-order chi connectivity index (χ0) is 14.9. The fraction of sp³-hybridized carbons (Fsp3) is 0.0526. The van der Waals surface area contributed by atoms with Gasteiger partial charge in [0.25, 0.3) is 0 Å². The van der Waals surface area contributed by atoms with Crippen LogP contribution in [0.5, 0.6) is 0 Å². The van der Waals surface area contributed by atoms with Crippen LogP contribution in [-0.4, -0.2) is 14.5 Å². The lowest BCUT2D eigenvalue weighted by atomic mass is 10.2. The van der Waals surface area contributed by atoms with Gasteiger partial charge in [0.05, 0.1) is 11.7 Å². The van der Waals surface area contributed by atoms with Gasteiger partial charge in [0.15, 0.2) is 0 Å². The van der Waals surface area contributed by atoms with Crippen LogP contribution in [0.2, 0.25) is 0 Å². The first kappa shape index (κ1) is 12.8. The Morgan fingerprint density at radius 3 is 2.27 bits per heavy atom. The third kappa shape index (κ3) is 2.07. The van der Waals surface area contributed by atoms with Crippen LogP contribution in [0.15, 0.2) is 72.9 Å². The van der Waals surface area contributed by atoms with Crippen LogP contribution < -0.4 is 0 Å². The Morgan fingerprint density at radius 2 is 1.55 bits per heavy atom. The second kappa shape index (κ2) is 5.11. The summed E-state index contributed by atoms with van der Waals surface area (Å²) in [5.74, 6) is 0.939. The zero-order valence-corrected chi connectivity index (χ0v) is 12.3. The Kier molecular flexibility index (Phi) is 2.97. The standard InChI is InChI=1S/C19H15N3/c1-14-12-18-17(13-20-14)21-19(15-8-4-2-5-9-15)22(18)16-10-6-3-7-11-16/h2-13H,1H3. The number of rotatable bonds is 2. The number of imidazole rings is 1. The smallest absolute Gasteiger partial charge is 0.145 e. The van der Waals surface area contributed by atoms with E-state index in [1.165, 1.54) is 0 Å². The highest BCUT2D eigenvalue weighted by Crippen LogP contribution is 2.28. The van der Waals surface area contributed by atoms with E-state index >= 15 is 0 Å². The van der Waals surface area contributed by atoms with Crippen LogP contribution in [-0.2, 0) is 0 Å². The minimum atomic E-state index is 0.910. The average molecular weight is 285 g/mol. The van der Waals surface area contributed by atoms with Gasteiger partial charge in [-0.3, -0.25) is 9.55 Å². The monoisotopic (exact) mass is 285 g/mol. The summed E-state index contributed by atoms with van der Waals surface area (Å²) >= 11 is 0. The number of pyridine rings is 1. The summed E-state index contributed by atoms with van der Waals surface area (Å²) < 4.78 is 2.19. The topological polar surface area (TPSA) is 30.7 Å². The molecule has 0 N–H and O–H groups in total. The fourth-order valence-corrected chi connectivity index (χ4v) is 2.70. The van der Waals surface area contributed by atoms with E-state index in [-0.39, 0.29) is 0 Å². The molecule has 4 rings (SSSR count). The predicted molar refractivity (Wildman–Crippen MR) is 89.0 cm³/mol. The van der Waals surface area contributed by atoms with Crippen molar-refractivity contribution in [2.45, 2.75) is 6.92 Å². The van der Waals surface area contributed by atoms with Gasteiger partial charge in [-0.1, -0.05) is 48.5 Å². The maximum atomic E-state index is 4.80. The highest BCUT2D eigenvalue weighted by molar-refractivity contribution is 5.82. The molecule has 22 heavy (non-hydrogen) atoms. The lowest BCUT2D eigenvalue weighted by Gasteiger charge is -2.09. The number of hydrogen-bond acceptors (Lipinski definition) is 2. The second-order valence-electron chi connectivity index (χ2n) is 5.29. The van der Waals surface area contributed by atoms with E-state index in [9.17, 15) is 0 Å². The summed E-state index contributed by atoms with van der Waals surface area (Å²) in [4.78, 5) is 9.17. The molecule has 0 amide bonds. The molecule has 2 aromatic carbocycles. The third-order valence-electron chi connectivity index (χ3n) is 3.72. The summed E-state index contributed by atoms with van der Waals surface area (Å²) in [7, 11) is 0. The summed E-state index contributed by atoms with van der Waals surface area (Å²) in [6.07, 6.45) is 1.84. The molecule has 0 spiro atoms. The Bertz CT molecular complexity index is 925. The van der Waals surface area contributed by atoms with E-state index in [1.54, 1.807) is 0 Å². The normalized spacial score (nSPS) is 11.0. The quantitative estimate of drug-likeness (QED) is 0.546. The largest absolute Gasteiger partial charge is 0.292 e. The molecular weight excluding hydrogens is 270 g/mol. The number of aromatic nitrogens is 3. The van der Waals surface area contributed by atoms with Crippen LogP contribution >= 0.6 is 0 Å². The lowest BCUT2D eigenvalue weighted by Crippen LogP contribution is -1.97. The molecule has 0 aliphatic heterocycles. The molecule has 0 aliphatic carbocycles. The molecular formula is C19H15N3. The summed E-state index contributed by atoms with van der Waals surface area (Å²) in [5, 5.41) is 0. The van der Waals surface area contributed by atoms with Gasteiger partial charge in [0, 0.05) is 16.9 Å². The highest BCUT2D eigenvalue weighted by Gasteiger charge is 2.14. The first-order valence-electron chi connectivity index (χ1n) is 7.29. The number of benzene rings is 2. The van der Waals surface area contributed by atoms with Crippen molar-refractivity contribution in [3.63, 3.8) is 0 Å². The van der Waals surface area contributed by atoms with Crippen LogP contribution in [0, 0.1) is 6.92 Å². The van der Waals surface area contributed by atoms with Crippen LogP contribution in [0.3, 0.4) is 0 Å². The Morgan fingerprint density at radius 1 is 0.864 bits per heavy atom. The van der Waals surface area contributed by atoms with Gasteiger partial charge in [-0.15, -0.1) is 0 Å².